The van der Waals surface area contributed by atoms with Gasteiger partial charge in [-0.05, 0) is 49.2 Å². The van der Waals surface area contributed by atoms with Crippen molar-refractivity contribution in [2.75, 3.05) is 6.61 Å². The number of halogens is 2. The Balaban J connectivity index is 1.91. The third kappa shape index (κ3) is 7.57. The van der Waals surface area contributed by atoms with Crippen molar-refractivity contribution in [3.8, 4) is 5.75 Å². The second-order valence-corrected chi connectivity index (χ2v) is 7.04. The Morgan fingerprint density at radius 2 is 1.74 bits per heavy atom. The average Bonchev–Trinajstić information content (AvgIpc) is 2.60. The molecule has 2 atom stereocenters. The summed E-state index contributed by atoms with van der Waals surface area (Å²) < 4.78 is 25.1. The number of alkyl halides is 1. The van der Waals surface area contributed by atoms with Gasteiger partial charge in [0.15, 0.2) is 6.10 Å². The van der Waals surface area contributed by atoms with E-state index < -0.39 is 18.2 Å². The summed E-state index contributed by atoms with van der Waals surface area (Å²) >= 11 is 5.80. The second-order valence-electron chi connectivity index (χ2n) is 6.60. The lowest BCUT2D eigenvalue weighted by atomic mass is 10.0. The van der Waals surface area contributed by atoms with Crippen molar-refractivity contribution >= 4 is 17.6 Å². The lowest BCUT2D eigenvalue weighted by Crippen LogP contribution is -2.29. The van der Waals surface area contributed by atoms with Crippen LogP contribution in [-0.2, 0) is 22.4 Å². The first kappa shape index (κ1) is 21.2. The molecular weight excluding hydrogens is 371 g/mol. The summed E-state index contributed by atoms with van der Waals surface area (Å²) in [6.45, 7) is 3.52. The van der Waals surface area contributed by atoms with Crippen LogP contribution in [0.3, 0.4) is 0 Å². The summed E-state index contributed by atoms with van der Waals surface area (Å²) in [5.74, 6) is -0.445. The molecule has 1 N–H and O–H groups in total. The molecule has 4 nitrogen and oxygen atoms in total. The van der Waals surface area contributed by atoms with E-state index in [0.29, 0.717) is 10.8 Å². The van der Waals surface area contributed by atoms with Gasteiger partial charge in [0.1, 0.15) is 18.5 Å². The molecule has 0 saturated heterocycles. The Labute approximate surface area is 163 Å². The monoisotopic (exact) mass is 394 g/mol. The molecule has 146 valence electrons. The van der Waals surface area contributed by atoms with Crippen LogP contribution in [0.2, 0.25) is 5.02 Å². The number of carbonyl (C=O) groups is 1. The Hall–Kier alpha value is -2.11. The number of aliphatic carboxylic acids is 1. The number of carboxylic acids is 1. The zero-order chi connectivity index (χ0) is 19.8. The van der Waals surface area contributed by atoms with Crippen molar-refractivity contribution in [1.29, 1.82) is 0 Å². The van der Waals surface area contributed by atoms with Gasteiger partial charge in [-0.25, -0.2) is 9.18 Å². The highest BCUT2D eigenvalue weighted by Gasteiger charge is 2.20. The fraction of sp³-hybridized carbons (Fsp3) is 0.381. The molecule has 0 aliphatic rings. The molecule has 2 aromatic carbocycles. The van der Waals surface area contributed by atoms with Crippen LogP contribution in [0.1, 0.15) is 25.0 Å². The van der Waals surface area contributed by atoms with Crippen molar-refractivity contribution in [1.82, 2.24) is 0 Å². The molecule has 2 rings (SSSR count). The Morgan fingerprint density at radius 3 is 2.33 bits per heavy atom. The Kier molecular flexibility index (Phi) is 8.07. The van der Waals surface area contributed by atoms with Crippen molar-refractivity contribution < 1.29 is 23.8 Å². The van der Waals surface area contributed by atoms with E-state index >= 15 is 0 Å². The summed E-state index contributed by atoms with van der Waals surface area (Å²) in [6, 6.07) is 14.0. The van der Waals surface area contributed by atoms with Gasteiger partial charge in [-0.2, -0.15) is 0 Å². The third-order valence-electron chi connectivity index (χ3n) is 3.83. The van der Waals surface area contributed by atoms with E-state index in [1.165, 1.54) is 0 Å². The molecule has 0 saturated carbocycles. The van der Waals surface area contributed by atoms with Crippen molar-refractivity contribution in [3.63, 3.8) is 0 Å². The summed E-state index contributed by atoms with van der Waals surface area (Å²) in [4.78, 5) is 11.3. The molecule has 0 spiro atoms. The lowest BCUT2D eigenvalue weighted by molar-refractivity contribution is -0.153. The van der Waals surface area contributed by atoms with Gasteiger partial charge in [-0.1, -0.05) is 35.9 Å². The van der Waals surface area contributed by atoms with Gasteiger partial charge in [-0.3, -0.25) is 0 Å². The smallest absolute Gasteiger partial charge is 0.333 e. The van der Waals surface area contributed by atoms with Crippen LogP contribution in [0.5, 0.6) is 5.75 Å². The first-order chi connectivity index (χ1) is 12.8. The van der Waals surface area contributed by atoms with Gasteiger partial charge in [0.05, 0.1) is 6.10 Å². The molecule has 0 radical (unpaired) electrons. The van der Waals surface area contributed by atoms with Crippen molar-refractivity contribution in [3.05, 3.63) is 64.7 Å². The van der Waals surface area contributed by atoms with Crippen LogP contribution < -0.4 is 4.74 Å². The predicted octanol–water partition coefficient (Wildman–Crippen LogP) is 4.72. The molecule has 0 unspecified atom stereocenters. The van der Waals surface area contributed by atoms with Gasteiger partial charge in [-0.15, -0.1) is 0 Å². The highest BCUT2D eigenvalue weighted by molar-refractivity contribution is 6.30. The van der Waals surface area contributed by atoms with Crippen LogP contribution in [-0.4, -0.2) is 36.1 Å². The van der Waals surface area contributed by atoms with Crippen LogP contribution in [0.4, 0.5) is 4.39 Å². The number of hydrogen-bond donors (Lipinski definition) is 1. The van der Waals surface area contributed by atoms with E-state index in [2.05, 4.69) is 0 Å². The van der Waals surface area contributed by atoms with Gasteiger partial charge < -0.3 is 14.6 Å². The summed E-state index contributed by atoms with van der Waals surface area (Å²) in [5.41, 5.74) is 1.58. The van der Waals surface area contributed by atoms with Gasteiger partial charge >= 0.3 is 5.97 Å². The minimum absolute atomic E-state index is 0.0694. The van der Waals surface area contributed by atoms with E-state index in [4.69, 9.17) is 21.1 Å². The Morgan fingerprint density at radius 1 is 1.11 bits per heavy atom. The van der Waals surface area contributed by atoms with Crippen molar-refractivity contribution in [2.45, 2.75) is 45.1 Å². The van der Waals surface area contributed by atoms with Crippen LogP contribution in [0.25, 0.3) is 0 Å². The SMILES string of the molecule is CC(C)O[C@@H](Cc1cccc(C[C@H](F)COc2ccc(Cl)cc2)c1)C(=O)O. The zero-order valence-electron chi connectivity index (χ0n) is 15.4. The quantitative estimate of drug-likeness (QED) is 0.633. The Bertz CT molecular complexity index is 733. The van der Waals surface area contributed by atoms with Gasteiger partial charge in [0, 0.05) is 17.9 Å². The topological polar surface area (TPSA) is 55.8 Å². The molecule has 6 heteroatoms. The predicted molar refractivity (Wildman–Crippen MR) is 103 cm³/mol. The lowest BCUT2D eigenvalue weighted by Gasteiger charge is -2.17. The molecule has 0 aromatic heterocycles. The largest absolute Gasteiger partial charge is 0.491 e. The number of benzene rings is 2. The second kappa shape index (κ2) is 10.3. The number of carboxylic acid groups (broad SMARTS) is 1. The number of hydrogen-bond acceptors (Lipinski definition) is 3. The van der Waals surface area contributed by atoms with E-state index in [9.17, 15) is 14.3 Å². The molecule has 0 heterocycles. The number of ether oxygens (including phenoxy) is 2. The first-order valence-corrected chi connectivity index (χ1v) is 9.20. The summed E-state index contributed by atoms with van der Waals surface area (Å²) in [7, 11) is 0. The zero-order valence-corrected chi connectivity index (χ0v) is 16.2. The standard InChI is InChI=1S/C21H24ClFO4/c1-14(2)27-20(21(24)25)12-16-5-3-4-15(10-16)11-18(23)13-26-19-8-6-17(22)7-9-19/h3-10,14,18,20H,11-13H2,1-2H3,(H,24,25)/t18-,20-/m0/s1. The first-order valence-electron chi connectivity index (χ1n) is 8.82. The normalized spacial score (nSPS) is 13.4. The third-order valence-corrected chi connectivity index (χ3v) is 4.08. The van der Waals surface area contributed by atoms with E-state index in [0.717, 1.165) is 11.1 Å². The molecule has 27 heavy (non-hydrogen) atoms. The summed E-state index contributed by atoms with van der Waals surface area (Å²) in [6.07, 6.45) is -1.87. The molecular formula is C21H24ClFO4. The molecule has 0 aliphatic heterocycles. The highest BCUT2D eigenvalue weighted by atomic mass is 35.5. The molecule has 2 aromatic rings. The minimum atomic E-state index is -1.18. The van der Waals surface area contributed by atoms with E-state index in [1.54, 1.807) is 44.2 Å². The molecule has 0 fully saturated rings. The van der Waals surface area contributed by atoms with Crippen molar-refractivity contribution in [2.24, 2.45) is 0 Å². The number of rotatable bonds is 10. The summed E-state index contributed by atoms with van der Waals surface area (Å²) in [5, 5.41) is 9.88. The molecule has 0 amide bonds. The van der Waals surface area contributed by atoms with Crippen LogP contribution >= 0.6 is 11.6 Å². The van der Waals surface area contributed by atoms with Gasteiger partial charge in [0.25, 0.3) is 0 Å². The molecule has 0 aliphatic carbocycles. The minimum Gasteiger partial charge on any atom is -0.491 e. The molecule has 0 bridgehead atoms. The highest BCUT2D eigenvalue weighted by Crippen LogP contribution is 2.17. The fourth-order valence-corrected chi connectivity index (χ4v) is 2.78. The average molecular weight is 395 g/mol. The fourth-order valence-electron chi connectivity index (χ4n) is 2.65. The van der Waals surface area contributed by atoms with Gasteiger partial charge in [0.2, 0.25) is 0 Å². The van der Waals surface area contributed by atoms with Crippen LogP contribution in [0.15, 0.2) is 48.5 Å². The maximum atomic E-state index is 14.3. The maximum Gasteiger partial charge on any atom is 0.333 e. The van der Waals surface area contributed by atoms with E-state index in [1.807, 2.05) is 18.2 Å². The van der Waals surface area contributed by atoms with E-state index in [-0.39, 0.29) is 25.6 Å². The maximum absolute atomic E-state index is 14.3. The van der Waals surface area contributed by atoms with Crippen LogP contribution in [0, 0.1) is 0 Å².